The zero-order chi connectivity index (χ0) is 8.06. The molecule has 0 radical (unpaired) electrons. The molecule has 1 fully saturated rings. The Morgan fingerprint density at radius 2 is 2.27 bits per heavy atom. The van der Waals surface area contributed by atoms with Crippen LogP contribution in [0.15, 0.2) is 11.6 Å². The molecule has 0 N–H and O–H groups in total. The number of allylic oxidation sites excluding steroid dienone is 1. The van der Waals surface area contributed by atoms with Crippen LogP contribution < -0.4 is 0 Å². The fourth-order valence-electron chi connectivity index (χ4n) is 2.85. The number of thiol groups is 1. The molecular formula is C10H16S. The van der Waals surface area contributed by atoms with E-state index in [4.69, 9.17) is 0 Å². The molecule has 2 aliphatic carbocycles. The predicted octanol–water partition coefficient (Wildman–Crippen LogP) is 2.91. The molecule has 0 aromatic carbocycles. The number of fused-ring (bicyclic) bond motifs is 2. The van der Waals surface area contributed by atoms with Gasteiger partial charge in [0.1, 0.15) is 0 Å². The molecule has 0 nitrogen and oxygen atoms in total. The van der Waals surface area contributed by atoms with Crippen molar-refractivity contribution in [3.63, 3.8) is 0 Å². The van der Waals surface area contributed by atoms with Crippen molar-refractivity contribution in [1.29, 1.82) is 0 Å². The lowest BCUT2D eigenvalue weighted by Crippen LogP contribution is -2.19. The number of hydrogen-bond acceptors (Lipinski definition) is 1. The maximum absolute atomic E-state index is 4.36. The molecule has 2 bridgehead atoms. The molecule has 1 heteroatoms. The van der Waals surface area contributed by atoms with Crippen LogP contribution in [-0.2, 0) is 0 Å². The lowest BCUT2D eigenvalue weighted by atomic mass is 9.80. The molecule has 1 saturated carbocycles. The molecule has 11 heavy (non-hydrogen) atoms. The highest BCUT2D eigenvalue weighted by Crippen LogP contribution is 2.56. The molecular weight excluding hydrogens is 152 g/mol. The van der Waals surface area contributed by atoms with Crippen molar-refractivity contribution in [3.8, 4) is 0 Å². The zero-order valence-electron chi connectivity index (χ0n) is 7.30. The first kappa shape index (κ1) is 7.72. The third-order valence-corrected chi connectivity index (χ3v) is 4.03. The van der Waals surface area contributed by atoms with Crippen LogP contribution in [0.4, 0.5) is 0 Å². The van der Waals surface area contributed by atoms with Gasteiger partial charge in [-0.15, -0.1) is 0 Å². The van der Waals surface area contributed by atoms with Crippen LogP contribution in [-0.4, -0.2) is 5.75 Å². The summed E-state index contributed by atoms with van der Waals surface area (Å²) < 4.78 is 0. The van der Waals surface area contributed by atoms with E-state index in [1.165, 1.54) is 12.8 Å². The Labute approximate surface area is 74.5 Å². The number of rotatable bonds is 1. The summed E-state index contributed by atoms with van der Waals surface area (Å²) in [5, 5.41) is 0. The molecule has 0 saturated heterocycles. The quantitative estimate of drug-likeness (QED) is 0.452. The summed E-state index contributed by atoms with van der Waals surface area (Å²) in [5.74, 6) is 2.68. The third-order valence-electron chi connectivity index (χ3n) is 3.67. The molecule has 0 spiro atoms. The highest BCUT2D eigenvalue weighted by Gasteiger charge is 2.47. The second kappa shape index (κ2) is 2.29. The van der Waals surface area contributed by atoms with Gasteiger partial charge in [-0.25, -0.2) is 0 Å². The van der Waals surface area contributed by atoms with Gasteiger partial charge in [-0.3, -0.25) is 0 Å². The van der Waals surface area contributed by atoms with Crippen molar-refractivity contribution in [1.82, 2.24) is 0 Å². The van der Waals surface area contributed by atoms with Crippen molar-refractivity contribution >= 4 is 12.6 Å². The first-order valence-corrected chi connectivity index (χ1v) is 5.11. The van der Waals surface area contributed by atoms with Crippen LogP contribution in [0.2, 0.25) is 0 Å². The molecule has 62 valence electrons. The van der Waals surface area contributed by atoms with Gasteiger partial charge in [-0.1, -0.05) is 25.5 Å². The second-order valence-electron chi connectivity index (χ2n) is 4.46. The van der Waals surface area contributed by atoms with E-state index in [2.05, 4.69) is 32.6 Å². The maximum atomic E-state index is 4.36. The minimum Gasteiger partial charge on any atom is -0.175 e. The van der Waals surface area contributed by atoms with Crippen molar-refractivity contribution < 1.29 is 0 Å². The second-order valence-corrected chi connectivity index (χ2v) is 4.77. The minimum atomic E-state index is 0.554. The third kappa shape index (κ3) is 0.900. The van der Waals surface area contributed by atoms with Crippen LogP contribution in [0.25, 0.3) is 0 Å². The molecule has 0 aliphatic heterocycles. The van der Waals surface area contributed by atoms with E-state index in [1.54, 1.807) is 5.57 Å². The summed E-state index contributed by atoms with van der Waals surface area (Å²) in [7, 11) is 0. The lowest BCUT2D eigenvalue weighted by Gasteiger charge is -2.25. The Hall–Kier alpha value is 0.0900. The van der Waals surface area contributed by atoms with E-state index in [-0.39, 0.29) is 0 Å². The van der Waals surface area contributed by atoms with Crippen LogP contribution in [0.5, 0.6) is 0 Å². The van der Waals surface area contributed by atoms with Gasteiger partial charge in [0.15, 0.2) is 0 Å². The average Bonchev–Trinajstić information content (AvgIpc) is 2.40. The van der Waals surface area contributed by atoms with Gasteiger partial charge in [0.25, 0.3) is 0 Å². The van der Waals surface area contributed by atoms with Gasteiger partial charge in [0.2, 0.25) is 0 Å². The SMILES string of the molecule is CC1(C)[C@H]2C=C(CS)[C@@H]1CC2. The molecule has 0 amide bonds. The molecule has 2 rings (SSSR count). The highest BCUT2D eigenvalue weighted by atomic mass is 32.1. The molecule has 0 aromatic rings. The van der Waals surface area contributed by atoms with Gasteiger partial charge in [0, 0.05) is 5.75 Å². The Balaban J connectivity index is 2.29. The van der Waals surface area contributed by atoms with Crippen molar-refractivity contribution in [3.05, 3.63) is 11.6 Å². The van der Waals surface area contributed by atoms with Crippen molar-refractivity contribution in [2.75, 3.05) is 5.75 Å². The Morgan fingerprint density at radius 3 is 2.55 bits per heavy atom. The summed E-state index contributed by atoms with van der Waals surface area (Å²) in [4.78, 5) is 0. The highest BCUT2D eigenvalue weighted by molar-refractivity contribution is 7.80. The Morgan fingerprint density at radius 1 is 1.55 bits per heavy atom. The normalized spacial score (nSPS) is 39.4. The van der Waals surface area contributed by atoms with E-state index >= 15 is 0 Å². The van der Waals surface area contributed by atoms with Gasteiger partial charge < -0.3 is 0 Å². The van der Waals surface area contributed by atoms with Gasteiger partial charge in [-0.05, 0) is 30.1 Å². The van der Waals surface area contributed by atoms with Gasteiger partial charge in [0.05, 0.1) is 0 Å². The Bertz CT molecular complexity index is 203. The number of hydrogen-bond donors (Lipinski definition) is 1. The standard InChI is InChI=1S/C10H16S/c1-10(2)8-3-4-9(10)7(5-8)6-11/h5,8-9,11H,3-4,6H2,1-2H3/t8-,9+/m1/s1. The van der Waals surface area contributed by atoms with E-state index in [0.29, 0.717) is 5.41 Å². The molecule has 0 aromatic heterocycles. The summed E-state index contributed by atoms with van der Waals surface area (Å²) >= 11 is 4.36. The molecule has 0 unspecified atom stereocenters. The first-order chi connectivity index (χ1) is 5.16. The van der Waals surface area contributed by atoms with Crippen LogP contribution in [0.3, 0.4) is 0 Å². The first-order valence-electron chi connectivity index (χ1n) is 4.47. The van der Waals surface area contributed by atoms with Crippen molar-refractivity contribution in [2.45, 2.75) is 26.7 Å². The summed E-state index contributed by atoms with van der Waals surface area (Å²) in [5.41, 5.74) is 2.16. The van der Waals surface area contributed by atoms with E-state index in [0.717, 1.165) is 17.6 Å². The van der Waals surface area contributed by atoms with Crippen LogP contribution >= 0.6 is 12.6 Å². The fourth-order valence-corrected chi connectivity index (χ4v) is 3.17. The zero-order valence-corrected chi connectivity index (χ0v) is 8.20. The Kier molecular flexibility index (Phi) is 1.61. The topological polar surface area (TPSA) is 0 Å². The van der Waals surface area contributed by atoms with Gasteiger partial charge in [-0.2, -0.15) is 12.6 Å². The molecule has 0 heterocycles. The maximum Gasteiger partial charge on any atom is 0.0116 e. The smallest absolute Gasteiger partial charge is 0.0116 e. The summed E-state index contributed by atoms with van der Waals surface area (Å²) in [6.07, 6.45) is 5.29. The lowest BCUT2D eigenvalue weighted by molar-refractivity contribution is 0.273. The van der Waals surface area contributed by atoms with Gasteiger partial charge >= 0.3 is 0 Å². The summed E-state index contributed by atoms with van der Waals surface area (Å²) in [6.45, 7) is 4.81. The van der Waals surface area contributed by atoms with E-state index in [9.17, 15) is 0 Å². The van der Waals surface area contributed by atoms with Crippen molar-refractivity contribution in [2.24, 2.45) is 17.3 Å². The van der Waals surface area contributed by atoms with E-state index in [1.807, 2.05) is 0 Å². The van der Waals surface area contributed by atoms with Crippen LogP contribution in [0, 0.1) is 17.3 Å². The minimum absolute atomic E-state index is 0.554. The fraction of sp³-hybridized carbons (Fsp3) is 0.800. The molecule has 2 aliphatic rings. The molecule has 2 atom stereocenters. The van der Waals surface area contributed by atoms with E-state index < -0.39 is 0 Å². The average molecular weight is 168 g/mol. The predicted molar refractivity (Wildman–Crippen MR) is 51.9 cm³/mol. The van der Waals surface area contributed by atoms with Crippen LogP contribution in [0.1, 0.15) is 26.7 Å². The largest absolute Gasteiger partial charge is 0.175 e. The monoisotopic (exact) mass is 168 g/mol. The summed E-state index contributed by atoms with van der Waals surface area (Å²) in [6, 6.07) is 0.